The number of hydrogen-bond acceptors (Lipinski definition) is 5. The molecule has 0 atom stereocenters. The second-order valence-electron chi connectivity index (χ2n) is 4.33. The summed E-state index contributed by atoms with van der Waals surface area (Å²) in [6.45, 7) is 3.92. The molecule has 1 aromatic rings. The first kappa shape index (κ1) is 11.8. The minimum absolute atomic E-state index is 0.0486. The topological polar surface area (TPSA) is 82.1 Å². The zero-order valence-electron chi connectivity index (χ0n) is 10.1. The molecule has 6 heteroatoms. The minimum atomic E-state index is 0.0486. The third-order valence-electron chi connectivity index (χ3n) is 3.01. The number of hydrogen-bond donors (Lipinski definition) is 2. The fourth-order valence-electron chi connectivity index (χ4n) is 2.03. The summed E-state index contributed by atoms with van der Waals surface area (Å²) >= 11 is 0. The van der Waals surface area contributed by atoms with Crippen molar-refractivity contribution in [2.45, 2.75) is 6.42 Å². The Balaban J connectivity index is 2.24. The molecule has 1 aliphatic rings. The Morgan fingerprint density at radius 3 is 2.94 bits per heavy atom. The number of likely N-dealkylation sites (N-methyl/N-ethyl adjacent to an activating group) is 1. The maximum Gasteiger partial charge on any atom is 0.162 e. The highest BCUT2D eigenvalue weighted by atomic mass is 15.3. The lowest BCUT2D eigenvalue weighted by atomic mass is 10.2. The molecule has 0 radical (unpaired) electrons. The van der Waals surface area contributed by atoms with Crippen LogP contribution >= 0.6 is 0 Å². The maximum absolute atomic E-state index is 7.56. The van der Waals surface area contributed by atoms with Crippen LogP contribution in [-0.2, 0) is 0 Å². The second kappa shape index (κ2) is 5.09. The summed E-state index contributed by atoms with van der Waals surface area (Å²) in [4.78, 5) is 4.46. The highest BCUT2D eigenvalue weighted by molar-refractivity contribution is 5.99. The summed E-state index contributed by atoms with van der Waals surface area (Å²) in [5.74, 6) is 0.780. The van der Waals surface area contributed by atoms with Gasteiger partial charge in [0.05, 0.1) is 11.8 Å². The SMILES string of the molecule is CN1CCCN(c2nnccc2C(=N)N)CC1. The molecule has 0 unspecified atom stereocenters. The van der Waals surface area contributed by atoms with Gasteiger partial charge in [-0.3, -0.25) is 5.41 Å². The van der Waals surface area contributed by atoms with Crippen LogP contribution in [0.5, 0.6) is 0 Å². The Morgan fingerprint density at radius 1 is 1.35 bits per heavy atom. The Morgan fingerprint density at radius 2 is 2.18 bits per heavy atom. The number of anilines is 1. The fraction of sp³-hybridized carbons (Fsp3) is 0.545. The Labute approximate surface area is 101 Å². The van der Waals surface area contributed by atoms with E-state index in [2.05, 4.69) is 27.0 Å². The Bertz CT molecular complexity index is 405. The molecule has 1 aliphatic heterocycles. The molecule has 17 heavy (non-hydrogen) atoms. The molecule has 0 spiro atoms. The predicted octanol–water partition coefficient (Wildman–Crippen LogP) is -0.0974. The van der Waals surface area contributed by atoms with Gasteiger partial charge >= 0.3 is 0 Å². The van der Waals surface area contributed by atoms with Crippen molar-refractivity contribution in [2.24, 2.45) is 5.73 Å². The summed E-state index contributed by atoms with van der Waals surface area (Å²) in [6, 6.07) is 1.75. The van der Waals surface area contributed by atoms with E-state index in [0.29, 0.717) is 5.56 Å². The standard InChI is InChI=1S/C11H18N6/c1-16-5-2-6-17(8-7-16)11-9(10(12)13)3-4-14-15-11/h3-4H,2,5-8H2,1H3,(H3,12,13). The monoisotopic (exact) mass is 234 g/mol. The van der Waals surface area contributed by atoms with E-state index in [1.807, 2.05) is 0 Å². The van der Waals surface area contributed by atoms with Crippen LogP contribution < -0.4 is 10.6 Å². The molecule has 1 saturated heterocycles. The summed E-state index contributed by atoms with van der Waals surface area (Å²) in [6.07, 6.45) is 2.66. The zero-order chi connectivity index (χ0) is 12.3. The van der Waals surface area contributed by atoms with E-state index in [9.17, 15) is 0 Å². The summed E-state index contributed by atoms with van der Waals surface area (Å²) in [5, 5.41) is 15.6. The average molecular weight is 234 g/mol. The lowest BCUT2D eigenvalue weighted by Gasteiger charge is -2.22. The number of nitrogen functional groups attached to an aromatic ring is 1. The van der Waals surface area contributed by atoms with Crippen molar-refractivity contribution in [3.8, 4) is 0 Å². The molecule has 0 aliphatic carbocycles. The van der Waals surface area contributed by atoms with Gasteiger partial charge in [-0.25, -0.2) is 0 Å². The number of nitrogens with one attached hydrogen (secondary N) is 1. The van der Waals surface area contributed by atoms with Crippen LogP contribution in [0.3, 0.4) is 0 Å². The molecule has 0 amide bonds. The number of aromatic nitrogens is 2. The first-order valence-corrected chi connectivity index (χ1v) is 5.78. The van der Waals surface area contributed by atoms with Gasteiger partial charge in [-0.05, 0) is 26.1 Å². The van der Waals surface area contributed by atoms with Crippen LogP contribution in [0.4, 0.5) is 5.82 Å². The summed E-state index contributed by atoms with van der Waals surface area (Å²) in [5.41, 5.74) is 6.24. The van der Waals surface area contributed by atoms with Crippen molar-refractivity contribution in [3.05, 3.63) is 17.8 Å². The van der Waals surface area contributed by atoms with Crippen molar-refractivity contribution >= 4 is 11.7 Å². The predicted molar refractivity (Wildman–Crippen MR) is 67.4 cm³/mol. The maximum atomic E-state index is 7.56. The molecular formula is C11H18N6. The van der Waals surface area contributed by atoms with Crippen LogP contribution in [0, 0.1) is 5.41 Å². The fourth-order valence-corrected chi connectivity index (χ4v) is 2.03. The highest BCUT2D eigenvalue weighted by Crippen LogP contribution is 2.17. The normalized spacial score (nSPS) is 17.8. The Kier molecular flexibility index (Phi) is 3.53. The van der Waals surface area contributed by atoms with Crippen LogP contribution in [0.25, 0.3) is 0 Å². The van der Waals surface area contributed by atoms with E-state index in [-0.39, 0.29) is 5.84 Å². The van der Waals surface area contributed by atoms with Crippen LogP contribution in [0.15, 0.2) is 12.3 Å². The second-order valence-corrected chi connectivity index (χ2v) is 4.33. The van der Waals surface area contributed by atoms with Crippen molar-refractivity contribution < 1.29 is 0 Å². The van der Waals surface area contributed by atoms with Gasteiger partial charge in [0, 0.05) is 19.6 Å². The summed E-state index contributed by atoms with van der Waals surface area (Å²) < 4.78 is 0. The van der Waals surface area contributed by atoms with Gasteiger partial charge in [0.2, 0.25) is 0 Å². The van der Waals surface area contributed by atoms with Gasteiger partial charge < -0.3 is 15.5 Å². The third kappa shape index (κ3) is 2.71. The van der Waals surface area contributed by atoms with Gasteiger partial charge in [0.25, 0.3) is 0 Å². The number of nitrogens with zero attached hydrogens (tertiary/aromatic N) is 4. The highest BCUT2D eigenvalue weighted by Gasteiger charge is 2.17. The largest absolute Gasteiger partial charge is 0.384 e. The van der Waals surface area contributed by atoms with Crippen molar-refractivity contribution in [2.75, 3.05) is 38.1 Å². The molecule has 0 aromatic carbocycles. The molecule has 2 heterocycles. The van der Waals surface area contributed by atoms with Gasteiger partial charge in [-0.15, -0.1) is 5.10 Å². The lowest BCUT2D eigenvalue weighted by Crippen LogP contribution is -2.31. The average Bonchev–Trinajstić information content (AvgIpc) is 2.54. The number of nitrogens with two attached hydrogens (primary N) is 1. The van der Waals surface area contributed by atoms with Crippen LogP contribution in [0.1, 0.15) is 12.0 Å². The van der Waals surface area contributed by atoms with E-state index in [1.165, 1.54) is 0 Å². The van der Waals surface area contributed by atoms with E-state index in [0.717, 1.165) is 38.4 Å². The van der Waals surface area contributed by atoms with E-state index in [4.69, 9.17) is 11.1 Å². The van der Waals surface area contributed by atoms with Crippen LogP contribution in [-0.4, -0.2) is 54.2 Å². The lowest BCUT2D eigenvalue weighted by molar-refractivity contribution is 0.360. The molecule has 0 saturated carbocycles. The zero-order valence-corrected chi connectivity index (χ0v) is 10.1. The van der Waals surface area contributed by atoms with E-state index >= 15 is 0 Å². The van der Waals surface area contributed by atoms with Crippen molar-refractivity contribution in [3.63, 3.8) is 0 Å². The van der Waals surface area contributed by atoms with Crippen molar-refractivity contribution in [1.82, 2.24) is 15.1 Å². The molecule has 2 rings (SSSR count). The molecular weight excluding hydrogens is 216 g/mol. The molecule has 6 nitrogen and oxygen atoms in total. The first-order valence-electron chi connectivity index (χ1n) is 5.78. The quantitative estimate of drug-likeness (QED) is 0.551. The first-order chi connectivity index (χ1) is 8.18. The third-order valence-corrected chi connectivity index (χ3v) is 3.01. The summed E-state index contributed by atoms with van der Waals surface area (Å²) in [7, 11) is 2.12. The molecule has 1 fully saturated rings. The van der Waals surface area contributed by atoms with Crippen molar-refractivity contribution in [1.29, 1.82) is 5.41 Å². The number of rotatable bonds is 2. The van der Waals surface area contributed by atoms with Gasteiger partial charge in [0.15, 0.2) is 5.82 Å². The molecule has 1 aromatic heterocycles. The van der Waals surface area contributed by atoms with Crippen LogP contribution in [0.2, 0.25) is 0 Å². The number of amidine groups is 1. The molecule has 3 N–H and O–H groups in total. The van der Waals surface area contributed by atoms with Gasteiger partial charge in [0.1, 0.15) is 5.84 Å². The van der Waals surface area contributed by atoms with E-state index < -0.39 is 0 Å². The van der Waals surface area contributed by atoms with Gasteiger partial charge in [-0.1, -0.05) is 0 Å². The van der Waals surface area contributed by atoms with Gasteiger partial charge in [-0.2, -0.15) is 5.10 Å². The smallest absolute Gasteiger partial charge is 0.162 e. The molecule has 0 bridgehead atoms. The Hall–Kier alpha value is -1.69. The minimum Gasteiger partial charge on any atom is -0.384 e. The van der Waals surface area contributed by atoms with E-state index in [1.54, 1.807) is 12.3 Å². The molecule has 92 valence electrons.